The number of fused-ring (bicyclic) bond motifs is 1. The summed E-state index contributed by atoms with van der Waals surface area (Å²) in [6, 6.07) is 2.70. The van der Waals surface area contributed by atoms with Crippen LogP contribution in [0.25, 0.3) is 22.3 Å². The second kappa shape index (κ2) is 4.33. The lowest BCUT2D eigenvalue weighted by atomic mass is 10.1. The van der Waals surface area contributed by atoms with Crippen molar-refractivity contribution >= 4 is 16.9 Å². The van der Waals surface area contributed by atoms with Crippen LogP contribution < -0.4 is 5.73 Å². The molecule has 2 aromatic heterocycles. The molecule has 108 valence electrons. The number of halogens is 3. The first kappa shape index (κ1) is 13.2. The van der Waals surface area contributed by atoms with Crippen LogP contribution in [0.4, 0.5) is 19.0 Å². The second-order valence-electron chi connectivity index (χ2n) is 4.32. The van der Waals surface area contributed by atoms with Crippen LogP contribution in [0.5, 0.6) is 5.75 Å². The molecule has 0 aliphatic rings. The van der Waals surface area contributed by atoms with Crippen LogP contribution in [0.3, 0.4) is 0 Å². The Balaban J connectivity index is 2.26. The van der Waals surface area contributed by atoms with Gasteiger partial charge in [0.05, 0.1) is 16.6 Å². The maximum atomic E-state index is 12.8. The van der Waals surface area contributed by atoms with Gasteiger partial charge in [-0.2, -0.15) is 18.3 Å². The summed E-state index contributed by atoms with van der Waals surface area (Å²) in [6.45, 7) is 0. The van der Waals surface area contributed by atoms with Crippen LogP contribution in [-0.4, -0.2) is 25.3 Å². The SMILES string of the molecule is Nc1ncnc2n[nH]c(-c3cc(O)cc(C(F)(F)F)c3)c12. The largest absolute Gasteiger partial charge is 0.508 e. The summed E-state index contributed by atoms with van der Waals surface area (Å²) >= 11 is 0. The zero-order valence-corrected chi connectivity index (χ0v) is 10.3. The Morgan fingerprint density at radius 3 is 2.62 bits per heavy atom. The average Bonchev–Trinajstić information content (AvgIpc) is 2.82. The van der Waals surface area contributed by atoms with Crippen LogP contribution in [0.15, 0.2) is 24.5 Å². The Hall–Kier alpha value is -2.84. The first-order valence-electron chi connectivity index (χ1n) is 5.72. The Morgan fingerprint density at radius 1 is 1.14 bits per heavy atom. The molecular formula is C12H8F3N5O. The number of phenols is 1. The van der Waals surface area contributed by atoms with Crippen molar-refractivity contribution in [2.45, 2.75) is 6.18 Å². The molecule has 0 bridgehead atoms. The van der Waals surface area contributed by atoms with E-state index in [0.717, 1.165) is 6.07 Å². The fourth-order valence-corrected chi connectivity index (χ4v) is 2.01. The maximum absolute atomic E-state index is 12.8. The molecule has 2 heterocycles. The van der Waals surface area contributed by atoms with Gasteiger partial charge in [-0.1, -0.05) is 0 Å². The fourth-order valence-electron chi connectivity index (χ4n) is 2.01. The van der Waals surface area contributed by atoms with Crippen molar-refractivity contribution in [3.8, 4) is 17.0 Å². The molecule has 0 amide bonds. The van der Waals surface area contributed by atoms with E-state index < -0.39 is 17.5 Å². The Bertz CT molecular complexity index is 827. The van der Waals surface area contributed by atoms with E-state index in [9.17, 15) is 18.3 Å². The lowest BCUT2D eigenvalue weighted by Gasteiger charge is -2.09. The number of aromatic amines is 1. The normalized spacial score (nSPS) is 12.0. The molecule has 21 heavy (non-hydrogen) atoms. The molecule has 3 aromatic rings. The van der Waals surface area contributed by atoms with Crippen molar-refractivity contribution in [1.82, 2.24) is 20.2 Å². The van der Waals surface area contributed by atoms with Crippen LogP contribution in [0.1, 0.15) is 5.56 Å². The van der Waals surface area contributed by atoms with E-state index in [4.69, 9.17) is 5.73 Å². The van der Waals surface area contributed by atoms with Crippen molar-refractivity contribution in [3.05, 3.63) is 30.1 Å². The number of hydrogen-bond donors (Lipinski definition) is 3. The van der Waals surface area contributed by atoms with Crippen LogP contribution in [-0.2, 0) is 6.18 Å². The molecule has 9 heteroatoms. The number of nitrogens with zero attached hydrogens (tertiary/aromatic N) is 3. The van der Waals surface area contributed by atoms with Crippen LogP contribution >= 0.6 is 0 Å². The highest BCUT2D eigenvalue weighted by Gasteiger charge is 2.31. The summed E-state index contributed by atoms with van der Waals surface area (Å²) in [5.41, 5.74) is 5.26. The molecule has 4 N–H and O–H groups in total. The van der Waals surface area contributed by atoms with Gasteiger partial charge in [0.25, 0.3) is 0 Å². The number of benzene rings is 1. The number of aromatic nitrogens is 4. The molecule has 0 fully saturated rings. The first-order chi connectivity index (χ1) is 9.86. The topological polar surface area (TPSA) is 101 Å². The number of H-pyrrole nitrogens is 1. The van der Waals surface area contributed by atoms with Crippen molar-refractivity contribution in [2.24, 2.45) is 0 Å². The third-order valence-corrected chi connectivity index (χ3v) is 2.91. The zero-order valence-electron chi connectivity index (χ0n) is 10.3. The fraction of sp³-hybridized carbons (Fsp3) is 0.0833. The van der Waals surface area contributed by atoms with Gasteiger partial charge in [-0.05, 0) is 18.2 Å². The van der Waals surface area contributed by atoms with Gasteiger partial charge in [-0.15, -0.1) is 0 Å². The molecule has 0 aliphatic heterocycles. The van der Waals surface area contributed by atoms with Gasteiger partial charge in [0, 0.05) is 5.56 Å². The molecule has 0 saturated carbocycles. The van der Waals surface area contributed by atoms with Crippen molar-refractivity contribution in [1.29, 1.82) is 0 Å². The maximum Gasteiger partial charge on any atom is 0.416 e. The predicted octanol–water partition coefficient (Wildman–Crippen LogP) is 2.33. The number of hydrogen-bond acceptors (Lipinski definition) is 5. The number of phenolic OH excluding ortho intramolecular Hbond substituents is 1. The molecule has 3 rings (SSSR count). The summed E-state index contributed by atoms with van der Waals surface area (Å²) < 4.78 is 38.4. The molecular weight excluding hydrogens is 287 g/mol. The zero-order chi connectivity index (χ0) is 15.2. The summed E-state index contributed by atoms with van der Waals surface area (Å²) in [6.07, 6.45) is -3.38. The van der Waals surface area contributed by atoms with E-state index in [2.05, 4.69) is 20.2 Å². The number of nitrogens with two attached hydrogens (primary N) is 1. The monoisotopic (exact) mass is 295 g/mol. The Labute approximate surface area is 115 Å². The van der Waals surface area contributed by atoms with E-state index in [-0.39, 0.29) is 22.7 Å². The highest BCUT2D eigenvalue weighted by Crippen LogP contribution is 2.36. The van der Waals surface area contributed by atoms with Gasteiger partial charge in [0.1, 0.15) is 17.9 Å². The van der Waals surface area contributed by atoms with E-state index in [1.54, 1.807) is 0 Å². The van der Waals surface area contributed by atoms with E-state index in [1.807, 2.05) is 0 Å². The highest BCUT2D eigenvalue weighted by molar-refractivity contribution is 5.97. The van der Waals surface area contributed by atoms with Crippen molar-refractivity contribution in [2.75, 3.05) is 5.73 Å². The molecule has 0 saturated heterocycles. The Morgan fingerprint density at radius 2 is 1.90 bits per heavy atom. The smallest absolute Gasteiger partial charge is 0.416 e. The number of anilines is 1. The second-order valence-corrected chi connectivity index (χ2v) is 4.32. The molecule has 0 atom stereocenters. The summed E-state index contributed by atoms with van der Waals surface area (Å²) in [7, 11) is 0. The van der Waals surface area contributed by atoms with Gasteiger partial charge in [-0.25, -0.2) is 9.97 Å². The molecule has 0 unspecified atom stereocenters. The number of nitrogen functional groups attached to an aromatic ring is 1. The minimum Gasteiger partial charge on any atom is -0.508 e. The summed E-state index contributed by atoms with van der Waals surface area (Å²) in [5, 5.41) is 16.2. The third-order valence-electron chi connectivity index (χ3n) is 2.91. The molecule has 0 aliphatic carbocycles. The van der Waals surface area contributed by atoms with E-state index >= 15 is 0 Å². The minimum absolute atomic E-state index is 0.0839. The van der Waals surface area contributed by atoms with Gasteiger partial charge >= 0.3 is 6.18 Å². The van der Waals surface area contributed by atoms with E-state index in [0.29, 0.717) is 11.5 Å². The van der Waals surface area contributed by atoms with Crippen LogP contribution in [0.2, 0.25) is 0 Å². The third kappa shape index (κ3) is 2.22. The van der Waals surface area contributed by atoms with Crippen LogP contribution in [0, 0.1) is 0 Å². The van der Waals surface area contributed by atoms with Gasteiger partial charge in [0.2, 0.25) is 0 Å². The number of rotatable bonds is 1. The Kier molecular flexibility index (Phi) is 2.71. The highest BCUT2D eigenvalue weighted by atomic mass is 19.4. The van der Waals surface area contributed by atoms with Gasteiger partial charge < -0.3 is 10.8 Å². The predicted molar refractivity (Wildman–Crippen MR) is 68.2 cm³/mol. The minimum atomic E-state index is -4.58. The number of nitrogens with one attached hydrogen (secondary N) is 1. The average molecular weight is 295 g/mol. The number of aromatic hydroxyl groups is 1. The van der Waals surface area contributed by atoms with E-state index in [1.165, 1.54) is 12.4 Å². The molecule has 6 nitrogen and oxygen atoms in total. The number of alkyl halides is 3. The lowest BCUT2D eigenvalue weighted by molar-refractivity contribution is -0.137. The molecule has 1 aromatic carbocycles. The summed E-state index contributed by atoms with van der Waals surface area (Å²) in [4.78, 5) is 7.64. The summed E-state index contributed by atoms with van der Waals surface area (Å²) in [5.74, 6) is -0.432. The molecule has 0 spiro atoms. The molecule has 0 radical (unpaired) electrons. The first-order valence-corrected chi connectivity index (χ1v) is 5.72. The van der Waals surface area contributed by atoms with Crippen molar-refractivity contribution < 1.29 is 18.3 Å². The van der Waals surface area contributed by atoms with Gasteiger partial charge in [-0.3, -0.25) is 5.10 Å². The lowest BCUT2D eigenvalue weighted by Crippen LogP contribution is -2.04. The quantitative estimate of drug-likeness (QED) is 0.639. The van der Waals surface area contributed by atoms with Crippen molar-refractivity contribution in [3.63, 3.8) is 0 Å². The standard InChI is InChI=1S/C12H8F3N5O/c13-12(14,15)6-1-5(2-7(21)3-6)9-8-10(16)17-4-18-11(8)20-19-9/h1-4,21H,(H3,16,17,18,19,20). The van der Waals surface area contributed by atoms with Gasteiger partial charge in [0.15, 0.2) is 5.65 Å².